The number of methoxy groups -OCH3 is 2. The van der Waals surface area contributed by atoms with Gasteiger partial charge in [0.05, 0.1) is 39.0 Å². The predicted molar refractivity (Wildman–Crippen MR) is 168 cm³/mol. The summed E-state index contributed by atoms with van der Waals surface area (Å²) in [6.45, 7) is -0.0530. The van der Waals surface area contributed by atoms with Gasteiger partial charge in [0.1, 0.15) is 12.1 Å². The maximum Gasteiger partial charge on any atom is 0.329 e. The molecule has 0 fully saturated rings. The van der Waals surface area contributed by atoms with Crippen molar-refractivity contribution in [3.63, 3.8) is 0 Å². The van der Waals surface area contributed by atoms with Crippen LogP contribution in [0.3, 0.4) is 0 Å². The van der Waals surface area contributed by atoms with E-state index in [1.54, 1.807) is 19.0 Å². The zero-order valence-corrected chi connectivity index (χ0v) is 26.1. The lowest BCUT2D eigenvalue weighted by Gasteiger charge is -2.19. The number of ether oxygens (including phenoxy) is 2. The van der Waals surface area contributed by atoms with Crippen molar-refractivity contribution in [3.05, 3.63) is 52.1 Å². The molecule has 3 rings (SSSR count). The van der Waals surface area contributed by atoms with Crippen molar-refractivity contribution in [2.24, 2.45) is 4.99 Å². The molecule has 0 aliphatic rings. The Balaban J connectivity index is 1.67. The third-order valence-corrected chi connectivity index (χ3v) is 6.38. The summed E-state index contributed by atoms with van der Waals surface area (Å²) in [5.41, 5.74) is 0.337. The molecule has 0 aliphatic heterocycles. The van der Waals surface area contributed by atoms with Gasteiger partial charge in [0.2, 0.25) is 18.3 Å². The van der Waals surface area contributed by atoms with Gasteiger partial charge in [-0.1, -0.05) is 0 Å². The molecule has 246 valence electrons. The van der Waals surface area contributed by atoms with E-state index in [2.05, 4.69) is 46.2 Å². The maximum absolute atomic E-state index is 13.0. The number of anilines is 1. The molecule has 2 heterocycles. The molecule has 17 heteroatoms. The average Bonchev–Trinajstić information content (AvgIpc) is 3.07. The first-order valence-electron chi connectivity index (χ1n) is 14.0. The minimum atomic E-state index is -1.19. The number of nitrogens with zero attached hydrogens (tertiary/aromatic N) is 6. The number of terminal acetylenes is 1. The molecule has 0 bridgehead atoms. The molecular formula is C30H33N9O8. The van der Waals surface area contributed by atoms with Crippen LogP contribution in [0.1, 0.15) is 35.3 Å². The summed E-state index contributed by atoms with van der Waals surface area (Å²) in [5.74, 6) is -0.408. The van der Waals surface area contributed by atoms with Gasteiger partial charge >= 0.3 is 11.9 Å². The van der Waals surface area contributed by atoms with E-state index in [0.29, 0.717) is 17.8 Å². The van der Waals surface area contributed by atoms with Crippen molar-refractivity contribution >= 4 is 59.3 Å². The van der Waals surface area contributed by atoms with E-state index in [9.17, 15) is 28.8 Å². The number of amides is 3. The zero-order chi connectivity index (χ0) is 34.5. The van der Waals surface area contributed by atoms with E-state index in [-0.39, 0.29) is 48.5 Å². The Morgan fingerprint density at radius 2 is 1.74 bits per heavy atom. The van der Waals surface area contributed by atoms with Gasteiger partial charge in [0, 0.05) is 38.2 Å². The van der Waals surface area contributed by atoms with Crippen LogP contribution in [0.5, 0.6) is 0 Å². The Morgan fingerprint density at radius 1 is 1.06 bits per heavy atom. The average molecular weight is 648 g/mol. The summed E-state index contributed by atoms with van der Waals surface area (Å²) in [7, 11) is 5.81. The van der Waals surface area contributed by atoms with Crippen molar-refractivity contribution in [2.75, 3.05) is 33.2 Å². The number of aromatic nitrogens is 4. The molecule has 3 amide bonds. The number of esters is 2. The van der Waals surface area contributed by atoms with Crippen molar-refractivity contribution in [1.82, 2.24) is 35.5 Å². The van der Waals surface area contributed by atoms with Crippen LogP contribution in [0.4, 0.5) is 11.6 Å². The number of carbonyl (C=O) groups is 5. The standard InChI is InChI=1S/C30H33N9O8/c1-6-7-21(28(44)46-4)34-23(41)13-12-22(29(45)47-5)35-26(42)18-8-10-20(11-9-18)39(17-40)15-19-14-31-25-24(33-19)27(43)37-30(36-25)32-16-38(2)3/h1,8-11,14,16-17,21-22H,7,12-13,15H2,2-5H3,(H,34,41)(H,35,42)(H,31,36,37,43). The van der Waals surface area contributed by atoms with E-state index in [0.717, 1.165) is 14.2 Å². The first kappa shape index (κ1) is 35.3. The van der Waals surface area contributed by atoms with Crippen LogP contribution in [0.2, 0.25) is 0 Å². The molecular weight excluding hydrogens is 614 g/mol. The first-order valence-corrected chi connectivity index (χ1v) is 14.0. The summed E-state index contributed by atoms with van der Waals surface area (Å²) in [6, 6.07) is 3.62. The highest BCUT2D eigenvalue weighted by Crippen LogP contribution is 2.17. The molecule has 0 saturated heterocycles. The molecule has 2 unspecified atom stereocenters. The molecule has 0 aliphatic carbocycles. The number of carbonyl (C=O) groups excluding carboxylic acids is 5. The number of nitrogens with one attached hydrogen (secondary N) is 3. The second-order valence-electron chi connectivity index (χ2n) is 10.1. The van der Waals surface area contributed by atoms with Crippen LogP contribution in [0, 0.1) is 12.3 Å². The molecule has 1 aromatic carbocycles. The molecule has 2 aromatic heterocycles. The van der Waals surface area contributed by atoms with Gasteiger partial charge in [-0.25, -0.2) is 24.5 Å². The summed E-state index contributed by atoms with van der Waals surface area (Å²) in [5, 5.41) is 4.96. The monoisotopic (exact) mass is 647 g/mol. The third-order valence-electron chi connectivity index (χ3n) is 6.38. The Bertz CT molecular complexity index is 1750. The number of benzene rings is 1. The number of H-pyrrole nitrogens is 1. The normalized spacial score (nSPS) is 12.0. The van der Waals surface area contributed by atoms with E-state index in [1.807, 2.05) is 0 Å². The van der Waals surface area contributed by atoms with Crippen LogP contribution in [-0.2, 0) is 35.2 Å². The van der Waals surface area contributed by atoms with Crippen molar-refractivity contribution in [1.29, 1.82) is 0 Å². The zero-order valence-electron chi connectivity index (χ0n) is 26.1. The Hall–Kier alpha value is -6.18. The molecule has 17 nitrogen and oxygen atoms in total. The summed E-state index contributed by atoms with van der Waals surface area (Å²) >= 11 is 0. The maximum atomic E-state index is 13.0. The van der Waals surface area contributed by atoms with Gasteiger partial charge in [-0.05, 0) is 30.7 Å². The van der Waals surface area contributed by atoms with Crippen LogP contribution in [-0.4, -0.2) is 102 Å². The summed E-state index contributed by atoms with van der Waals surface area (Å²) < 4.78 is 9.38. The minimum Gasteiger partial charge on any atom is -0.467 e. The number of fused-ring (bicyclic) bond motifs is 1. The molecule has 2 atom stereocenters. The number of hydrogen-bond acceptors (Lipinski definition) is 12. The van der Waals surface area contributed by atoms with Crippen LogP contribution < -0.4 is 21.1 Å². The SMILES string of the molecule is C#CCC(NC(=O)CCC(NC(=O)c1ccc(N(C=O)Cc2cnc3nc(N=CN(C)C)[nH]c(=O)c3n2)cc1)C(=O)OC)C(=O)OC. The second-order valence-corrected chi connectivity index (χ2v) is 10.1. The van der Waals surface area contributed by atoms with Gasteiger partial charge in [-0.3, -0.25) is 24.2 Å². The lowest BCUT2D eigenvalue weighted by atomic mass is 10.1. The fourth-order valence-electron chi connectivity index (χ4n) is 4.05. The van der Waals surface area contributed by atoms with E-state index >= 15 is 0 Å². The van der Waals surface area contributed by atoms with E-state index in [4.69, 9.17) is 11.2 Å². The second kappa shape index (κ2) is 16.8. The Kier molecular flexibility index (Phi) is 12.6. The molecule has 0 saturated carbocycles. The number of rotatable bonds is 15. The molecule has 47 heavy (non-hydrogen) atoms. The summed E-state index contributed by atoms with van der Waals surface area (Å²) in [6.07, 6.45) is 8.17. The summed E-state index contributed by atoms with van der Waals surface area (Å²) in [4.78, 5) is 96.2. The Morgan fingerprint density at radius 3 is 2.36 bits per heavy atom. The smallest absolute Gasteiger partial charge is 0.329 e. The van der Waals surface area contributed by atoms with E-state index in [1.165, 1.54) is 41.7 Å². The van der Waals surface area contributed by atoms with Gasteiger partial charge < -0.3 is 29.9 Å². The van der Waals surface area contributed by atoms with Gasteiger partial charge in [-0.2, -0.15) is 4.98 Å². The lowest BCUT2D eigenvalue weighted by Crippen LogP contribution is -2.44. The number of aliphatic imine (C=N–C) groups is 1. The van der Waals surface area contributed by atoms with Crippen LogP contribution in [0.25, 0.3) is 11.2 Å². The van der Waals surface area contributed by atoms with Crippen LogP contribution in [0.15, 0.2) is 40.2 Å². The molecule has 3 aromatic rings. The molecule has 0 spiro atoms. The van der Waals surface area contributed by atoms with E-state index < -0.39 is 41.4 Å². The molecule has 0 radical (unpaired) electrons. The highest BCUT2D eigenvalue weighted by Gasteiger charge is 2.25. The van der Waals surface area contributed by atoms with Gasteiger partial charge in [0.15, 0.2) is 11.2 Å². The fourth-order valence-corrected chi connectivity index (χ4v) is 4.05. The van der Waals surface area contributed by atoms with Crippen molar-refractivity contribution in [2.45, 2.75) is 37.9 Å². The number of hydrogen-bond donors (Lipinski definition) is 3. The molecule has 3 N–H and O–H groups in total. The van der Waals surface area contributed by atoms with Gasteiger partial charge in [0.25, 0.3) is 11.5 Å². The van der Waals surface area contributed by atoms with Crippen molar-refractivity contribution < 1.29 is 33.4 Å². The largest absolute Gasteiger partial charge is 0.467 e. The Labute approximate surface area is 268 Å². The fraction of sp³-hybridized carbons (Fsp3) is 0.333. The highest BCUT2D eigenvalue weighted by atomic mass is 16.5. The predicted octanol–water partition coefficient (Wildman–Crippen LogP) is -0.170. The van der Waals surface area contributed by atoms with Gasteiger partial charge in [-0.15, -0.1) is 12.3 Å². The third kappa shape index (κ3) is 9.91. The topological polar surface area (TPSA) is 218 Å². The number of aromatic amines is 1. The lowest BCUT2D eigenvalue weighted by molar-refractivity contribution is -0.145. The van der Waals surface area contributed by atoms with Crippen LogP contribution >= 0.6 is 0 Å². The minimum absolute atomic E-state index is 0.0299. The first-order chi connectivity index (χ1) is 22.5. The highest BCUT2D eigenvalue weighted by molar-refractivity contribution is 5.97. The quantitative estimate of drug-likeness (QED) is 0.0644. The van der Waals surface area contributed by atoms with Crippen molar-refractivity contribution in [3.8, 4) is 12.3 Å².